The molecule has 7 nitrogen and oxygen atoms in total. The minimum absolute atomic E-state index is 0.0180. The fourth-order valence-corrected chi connectivity index (χ4v) is 1.38. The Bertz CT molecular complexity index is 294. The van der Waals surface area contributed by atoms with E-state index in [1.807, 2.05) is 13.8 Å². The summed E-state index contributed by atoms with van der Waals surface area (Å²) in [6, 6.07) is -1.63. The number of carbonyl (C=O) groups is 2. The predicted octanol–water partition coefficient (Wildman–Crippen LogP) is 0.184. The number of aliphatic hydroxyl groups excluding tert-OH is 1. The highest BCUT2D eigenvalue weighted by Crippen LogP contribution is 2.18. The van der Waals surface area contributed by atoms with Gasteiger partial charge in [0.05, 0.1) is 0 Å². The van der Waals surface area contributed by atoms with Crippen LogP contribution in [0.2, 0.25) is 0 Å². The van der Waals surface area contributed by atoms with Gasteiger partial charge in [0.2, 0.25) is 0 Å². The van der Waals surface area contributed by atoms with Gasteiger partial charge in [0.25, 0.3) is 0 Å². The summed E-state index contributed by atoms with van der Waals surface area (Å²) in [7, 11) is 1.61. The lowest BCUT2D eigenvalue weighted by atomic mass is 9.90. The van der Waals surface area contributed by atoms with Crippen LogP contribution in [0.25, 0.3) is 0 Å². The number of ether oxygens (including phenoxy) is 1. The van der Waals surface area contributed by atoms with Crippen molar-refractivity contribution in [2.24, 2.45) is 5.41 Å². The molecule has 2 amide bonds. The van der Waals surface area contributed by atoms with Crippen molar-refractivity contribution in [3.05, 3.63) is 0 Å². The van der Waals surface area contributed by atoms with Gasteiger partial charge >= 0.3 is 12.0 Å². The maximum atomic E-state index is 11.6. The molecule has 19 heavy (non-hydrogen) atoms. The normalized spacial score (nSPS) is 12.8. The van der Waals surface area contributed by atoms with E-state index in [9.17, 15) is 9.59 Å². The van der Waals surface area contributed by atoms with E-state index in [1.165, 1.54) is 0 Å². The van der Waals surface area contributed by atoms with Gasteiger partial charge < -0.3 is 25.6 Å². The molecular weight excluding hydrogens is 252 g/mol. The van der Waals surface area contributed by atoms with Gasteiger partial charge in [-0.25, -0.2) is 9.59 Å². The van der Waals surface area contributed by atoms with Gasteiger partial charge in [-0.3, -0.25) is 0 Å². The Labute approximate surface area is 113 Å². The molecule has 0 heterocycles. The molecule has 0 aromatic rings. The van der Waals surface area contributed by atoms with E-state index in [0.29, 0.717) is 13.2 Å². The third-order valence-electron chi connectivity index (χ3n) is 2.73. The third kappa shape index (κ3) is 8.39. The van der Waals surface area contributed by atoms with Crippen molar-refractivity contribution in [1.82, 2.24) is 10.6 Å². The molecule has 0 unspecified atom stereocenters. The van der Waals surface area contributed by atoms with Crippen molar-refractivity contribution in [2.75, 3.05) is 26.9 Å². The van der Waals surface area contributed by atoms with Crippen molar-refractivity contribution >= 4 is 12.0 Å². The number of urea groups is 1. The van der Waals surface area contributed by atoms with Gasteiger partial charge in [0.1, 0.15) is 6.04 Å². The summed E-state index contributed by atoms with van der Waals surface area (Å²) < 4.78 is 4.98. The first-order valence-corrected chi connectivity index (χ1v) is 6.19. The molecule has 0 radical (unpaired) electrons. The van der Waals surface area contributed by atoms with Crippen LogP contribution in [0.5, 0.6) is 0 Å². The largest absolute Gasteiger partial charge is 0.480 e. The summed E-state index contributed by atoms with van der Waals surface area (Å²) in [5, 5.41) is 22.5. The number of nitrogens with one attached hydrogen (secondary N) is 2. The van der Waals surface area contributed by atoms with Gasteiger partial charge in [-0.1, -0.05) is 13.8 Å². The number of aliphatic hydroxyl groups is 1. The van der Waals surface area contributed by atoms with Crippen molar-refractivity contribution in [1.29, 1.82) is 0 Å². The van der Waals surface area contributed by atoms with Crippen LogP contribution in [0.15, 0.2) is 0 Å². The molecule has 0 saturated carbocycles. The topological polar surface area (TPSA) is 108 Å². The molecule has 0 bridgehead atoms. The molecule has 112 valence electrons. The maximum Gasteiger partial charge on any atom is 0.326 e. The Morgan fingerprint density at radius 3 is 2.47 bits per heavy atom. The van der Waals surface area contributed by atoms with Crippen LogP contribution < -0.4 is 10.6 Å². The fraction of sp³-hybridized carbons (Fsp3) is 0.833. The van der Waals surface area contributed by atoms with Crippen molar-refractivity contribution in [3.63, 3.8) is 0 Å². The number of hydrogen-bond donors (Lipinski definition) is 4. The van der Waals surface area contributed by atoms with E-state index in [2.05, 4.69) is 10.6 Å². The van der Waals surface area contributed by atoms with E-state index >= 15 is 0 Å². The number of aliphatic carboxylic acids is 1. The number of carboxylic acids is 1. The van der Waals surface area contributed by atoms with Crippen LogP contribution in [0, 0.1) is 5.41 Å². The summed E-state index contributed by atoms with van der Waals surface area (Å²) in [5.41, 5.74) is -0.136. The monoisotopic (exact) mass is 276 g/mol. The average molecular weight is 276 g/mol. The number of carboxylic acid groups (broad SMARTS) is 1. The molecule has 0 aliphatic heterocycles. The smallest absolute Gasteiger partial charge is 0.326 e. The zero-order chi connectivity index (χ0) is 14.9. The summed E-state index contributed by atoms with van der Waals surface area (Å²) >= 11 is 0. The van der Waals surface area contributed by atoms with Crippen molar-refractivity contribution in [2.45, 2.75) is 32.7 Å². The predicted molar refractivity (Wildman–Crippen MR) is 69.9 cm³/mol. The Morgan fingerprint density at radius 2 is 2.00 bits per heavy atom. The van der Waals surface area contributed by atoms with Crippen LogP contribution in [-0.4, -0.2) is 55.1 Å². The van der Waals surface area contributed by atoms with Gasteiger partial charge in [-0.15, -0.1) is 0 Å². The van der Waals surface area contributed by atoms with Crippen LogP contribution in [-0.2, 0) is 9.53 Å². The molecular formula is C12H24N2O5. The second-order valence-electron chi connectivity index (χ2n) is 5.14. The third-order valence-corrected chi connectivity index (χ3v) is 2.73. The van der Waals surface area contributed by atoms with Crippen molar-refractivity contribution < 1.29 is 24.5 Å². The first kappa shape index (κ1) is 17.7. The van der Waals surface area contributed by atoms with E-state index in [-0.39, 0.29) is 18.4 Å². The van der Waals surface area contributed by atoms with E-state index in [1.54, 1.807) is 7.11 Å². The molecule has 4 N–H and O–H groups in total. The van der Waals surface area contributed by atoms with E-state index < -0.39 is 18.0 Å². The first-order valence-electron chi connectivity index (χ1n) is 6.19. The number of methoxy groups -OCH3 is 1. The Kier molecular flexibility index (Phi) is 8.09. The molecule has 0 fully saturated rings. The van der Waals surface area contributed by atoms with Gasteiger partial charge in [-0.2, -0.15) is 0 Å². The maximum absolute atomic E-state index is 11.6. The van der Waals surface area contributed by atoms with Gasteiger partial charge in [0, 0.05) is 33.3 Å². The molecule has 1 atom stereocenters. The second kappa shape index (κ2) is 8.71. The molecule has 0 aliphatic carbocycles. The molecule has 0 spiro atoms. The van der Waals surface area contributed by atoms with E-state index in [0.717, 1.165) is 6.42 Å². The first-order chi connectivity index (χ1) is 8.82. The zero-order valence-corrected chi connectivity index (χ0v) is 11.7. The quantitative estimate of drug-likeness (QED) is 0.480. The molecule has 0 rings (SSSR count). The summed E-state index contributed by atoms with van der Waals surface area (Å²) in [4.78, 5) is 22.4. The molecule has 0 aromatic heterocycles. The number of amides is 2. The highest BCUT2D eigenvalue weighted by atomic mass is 16.5. The van der Waals surface area contributed by atoms with Gasteiger partial charge in [0.15, 0.2) is 0 Å². The lowest BCUT2D eigenvalue weighted by molar-refractivity contribution is -0.139. The fourth-order valence-electron chi connectivity index (χ4n) is 1.38. The number of rotatable bonds is 9. The van der Waals surface area contributed by atoms with Gasteiger partial charge in [-0.05, 0) is 11.8 Å². The minimum atomic E-state index is -1.16. The molecule has 0 aromatic carbocycles. The summed E-state index contributed by atoms with van der Waals surface area (Å²) in [6.07, 6.45) is 0.763. The Morgan fingerprint density at radius 1 is 1.37 bits per heavy atom. The molecule has 7 heteroatoms. The number of carbonyl (C=O) groups excluding carboxylic acids is 1. The lowest BCUT2D eigenvalue weighted by Gasteiger charge is -2.25. The summed E-state index contributed by atoms with van der Waals surface area (Å²) in [6.45, 7) is 4.67. The molecule has 0 saturated heterocycles. The minimum Gasteiger partial charge on any atom is -0.480 e. The highest BCUT2D eigenvalue weighted by molar-refractivity contribution is 5.82. The molecule has 0 aliphatic rings. The van der Waals surface area contributed by atoms with E-state index in [4.69, 9.17) is 14.9 Å². The Hall–Kier alpha value is -1.34. The number of hydrogen-bond acceptors (Lipinski definition) is 4. The lowest BCUT2D eigenvalue weighted by Crippen LogP contribution is -2.48. The van der Waals surface area contributed by atoms with Crippen LogP contribution in [0.4, 0.5) is 4.79 Å². The average Bonchev–Trinajstić information content (AvgIpc) is 2.33. The second-order valence-corrected chi connectivity index (χ2v) is 5.14. The summed E-state index contributed by atoms with van der Waals surface area (Å²) in [5.74, 6) is -1.16. The zero-order valence-electron chi connectivity index (χ0n) is 11.7. The van der Waals surface area contributed by atoms with Crippen LogP contribution >= 0.6 is 0 Å². The Balaban J connectivity index is 4.12. The standard InChI is InChI=1S/C12H24N2O5/c1-12(2,5-7-19-3)8-13-11(18)14-9(4-6-15)10(16)17/h9,15H,4-8H2,1-3H3,(H,16,17)(H2,13,14,18)/t9-/m1/s1. The van der Waals surface area contributed by atoms with Crippen LogP contribution in [0.3, 0.4) is 0 Å². The highest BCUT2D eigenvalue weighted by Gasteiger charge is 2.22. The van der Waals surface area contributed by atoms with Crippen molar-refractivity contribution in [3.8, 4) is 0 Å². The SMILES string of the molecule is COCCC(C)(C)CNC(=O)N[C@H](CCO)C(=O)O. The van der Waals surface area contributed by atoms with Crippen LogP contribution in [0.1, 0.15) is 26.7 Å².